The van der Waals surface area contributed by atoms with Crippen molar-refractivity contribution in [2.45, 2.75) is 38.5 Å². The van der Waals surface area contributed by atoms with Crippen LogP contribution in [0.2, 0.25) is 0 Å². The first-order valence-electron chi connectivity index (χ1n) is 4.93. The number of hydrogen-bond donors (Lipinski definition) is 0. The summed E-state index contributed by atoms with van der Waals surface area (Å²) in [7, 11) is 0. The van der Waals surface area contributed by atoms with Crippen LogP contribution in [0.25, 0.3) is 0 Å². The van der Waals surface area contributed by atoms with Crippen LogP contribution in [0.1, 0.15) is 38.5 Å². The van der Waals surface area contributed by atoms with Gasteiger partial charge in [-0.2, -0.15) is 0 Å². The Bertz CT molecular complexity index is 116. The smallest absolute Gasteiger partial charge is 0.0383 e. The third kappa shape index (κ3) is 0.810. The Labute approximate surface area is 63.0 Å². The van der Waals surface area contributed by atoms with Gasteiger partial charge < -0.3 is 0 Å². The quantitative estimate of drug-likeness (QED) is 0.480. The van der Waals surface area contributed by atoms with E-state index in [1.165, 1.54) is 23.7 Å². The van der Waals surface area contributed by atoms with Crippen molar-refractivity contribution in [3.05, 3.63) is 0 Å². The molecule has 0 heterocycles. The molecule has 3 aliphatic carbocycles. The molecule has 0 N–H and O–H groups in total. The third-order valence-electron chi connectivity index (χ3n) is 3.95. The molecule has 0 radical (unpaired) electrons. The van der Waals surface area contributed by atoms with Crippen LogP contribution < -0.4 is 0 Å². The van der Waals surface area contributed by atoms with Gasteiger partial charge in [-0.15, -0.1) is 0 Å². The molecule has 0 nitrogen and oxygen atoms in total. The van der Waals surface area contributed by atoms with Crippen LogP contribution in [0.3, 0.4) is 0 Å². The lowest BCUT2D eigenvalue weighted by molar-refractivity contribution is 0.468. The Hall–Kier alpha value is 0. The van der Waals surface area contributed by atoms with E-state index in [0.717, 1.165) is 0 Å². The standard InChI is InChI=1S/C10H16/c1-2-8-6-10(8)4-3-9-5-7(1)9/h7-10H,1-6H2/t7-,8+,9+,10-. The predicted octanol–water partition coefficient (Wildman–Crippen LogP) is 2.83. The first-order chi connectivity index (χ1) is 4.93. The average molecular weight is 136 g/mol. The molecule has 0 bridgehead atoms. The largest absolute Gasteiger partial charge is 0.0499 e. The van der Waals surface area contributed by atoms with E-state index in [9.17, 15) is 0 Å². The number of rotatable bonds is 0. The van der Waals surface area contributed by atoms with Gasteiger partial charge >= 0.3 is 0 Å². The van der Waals surface area contributed by atoms with Crippen molar-refractivity contribution in [1.82, 2.24) is 0 Å². The maximum absolute atomic E-state index is 1.60. The molecule has 4 atom stereocenters. The van der Waals surface area contributed by atoms with Gasteiger partial charge in [-0.3, -0.25) is 0 Å². The van der Waals surface area contributed by atoms with Gasteiger partial charge in [-0.05, 0) is 62.2 Å². The molecule has 0 unspecified atom stereocenters. The van der Waals surface area contributed by atoms with Gasteiger partial charge in [0.15, 0.2) is 0 Å². The van der Waals surface area contributed by atoms with E-state index in [2.05, 4.69) is 0 Å². The molecule has 0 heteroatoms. The molecule has 0 aliphatic heterocycles. The van der Waals surface area contributed by atoms with E-state index in [1.807, 2.05) is 0 Å². The summed E-state index contributed by atoms with van der Waals surface area (Å²) in [5, 5.41) is 0. The van der Waals surface area contributed by atoms with E-state index in [4.69, 9.17) is 0 Å². The Kier molecular flexibility index (Phi) is 1.00. The van der Waals surface area contributed by atoms with Gasteiger partial charge in [0, 0.05) is 0 Å². The Morgan fingerprint density at radius 2 is 0.800 bits per heavy atom. The van der Waals surface area contributed by atoms with Crippen molar-refractivity contribution in [2.24, 2.45) is 23.7 Å². The summed E-state index contributed by atoms with van der Waals surface area (Å²) in [4.78, 5) is 0. The summed E-state index contributed by atoms with van der Waals surface area (Å²) in [6, 6.07) is 0. The topological polar surface area (TPSA) is 0 Å². The molecule has 3 aliphatic rings. The highest BCUT2D eigenvalue weighted by Crippen LogP contribution is 2.55. The molecule has 10 heavy (non-hydrogen) atoms. The minimum atomic E-state index is 1.20. The van der Waals surface area contributed by atoms with Crippen molar-refractivity contribution in [2.75, 3.05) is 0 Å². The molecular weight excluding hydrogens is 120 g/mol. The van der Waals surface area contributed by atoms with Gasteiger partial charge in [0.2, 0.25) is 0 Å². The molecule has 0 aromatic carbocycles. The van der Waals surface area contributed by atoms with Crippen LogP contribution in [0.5, 0.6) is 0 Å². The molecule has 0 aromatic rings. The van der Waals surface area contributed by atoms with E-state index in [1.54, 1.807) is 38.5 Å². The van der Waals surface area contributed by atoms with E-state index in [-0.39, 0.29) is 0 Å². The van der Waals surface area contributed by atoms with Crippen LogP contribution in [-0.2, 0) is 0 Å². The number of fused-ring (bicyclic) bond motifs is 2. The SMILES string of the molecule is C1C[C@H]2C[C@H]2CC[C@H]2C[C@@H]12. The summed E-state index contributed by atoms with van der Waals surface area (Å²) in [5.41, 5.74) is 0. The Morgan fingerprint density at radius 3 is 1.10 bits per heavy atom. The lowest BCUT2D eigenvalue weighted by Crippen LogP contribution is -1.93. The molecule has 0 amide bonds. The zero-order chi connectivity index (χ0) is 6.55. The summed E-state index contributed by atoms with van der Waals surface area (Å²) in [6.45, 7) is 0. The van der Waals surface area contributed by atoms with Crippen molar-refractivity contribution in [3.63, 3.8) is 0 Å². The lowest BCUT2D eigenvalue weighted by Gasteiger charge is -2.04. The molecule has 0 spiro atoms. The third-order valence-corrected chi connectivity index (χ3v) is 3.95. The maximum atomic E-state index is 1.60. The predicted molar refractivity (Wildman–Crippen MR) is 41.7 cm³/mol. The van der Waals surface area contributed by atoms with Crippen LogP contribution >= 0.6 is 0 Å². The van der Waals surface area contributed by atoms with Gasteiger partial charge in [0.05, 0.1) is 0 Å². The van der Waals surface area contributed by atoms with Gasteiger partial charge in [0.1, 0.15) is 0 Å². The minimum Gasteiger partial charge on any atom is -0.0499 e. The zero-order valence-electron chi connectivity index (χ0n) is 6.55. The van der Waals surface area contributed by atoms with Crippen molar-refractivity contribution >= 4 is 0 Å². The monoisotopic (exact) mass is 136 g/mol. The summed E-state index contributed by atoms with van der Waals surface area (Å²) >= 11 is 0. The second-order valence-corrected chi connectivity index (χ2v) is 4.67. The van der Waals surface area contributed by atoms with Crippen LogP contribution in [0.15, 0.2) is 0 Å². The second kappa shape index (κ2) is 1.78. The highest BCUT2D eigenvalue weighted by Gasteiger charge is 2.44. The molecule has 3 rings (SSSR count). The fraction of sp³-hybridized carbons (Fsp3) is 1.00. The fourth-order valence-electron chi connectivity index (χ4n) is 2.89. The second-order valence-electron chi connectivity index (χ2n) is 4.67. The molecule has 3 saturated carbocycles. The van der Waals surface area contributed by atoms with Gasteiger partial charge in [0.25, 0.3) is 0 Å². The van der Waals surface area contributed by atoms with Crippen LogP contribution in [-0.4, -0.2) is 0 Å². The van der Waals surface area contributed by atoms with Crippen molar-refractivity contribution in [3.8, 4) is 0 Å². The number of hydrogen-bond acceptors (Lipinski definition) is 0. The zero-order valence-corrected chi connectivity index (χ0v) is 6.55. The van der Waals surface area contributed by atoms with E-state index < -0.39 is 0 Å². The molecular formula is C10H16. The normalized spacial score (nSPS) is 57.6. The average Bonchev–Trinajstić information content (AvgIpc) is 2.70. The van der Waals surface area contributed by atoms with E-state index in [0.29, 0.717) is 0 Å². The van der Waals surface area contributed by atoms with Crippen molar-refractivity contribution < 1.29 is 0 Å². The Balaban J connectivity index is 1.67. The molecule has 0 saturated heterocycles. The molecule has 56 valence electrons. The molecule has 3 fully saturated rings. The van der Waals surface area contributed by atoms with Gasteiger partial charge in [-0.25, -0.2) is 0 Å². The summed E-state index contributed by atoms with van der Waals surface area (Å²) < 4.78 is 0. The summed E-state index contributed by atoms with van der Waals surface area (Å²) in [6.07, 6.45) is 9.55. The first-order valence-corrected chi connectivity index (χ1v) is 4.93. The highest BCUT2D eigenvalue weighted by atomic mass is 14.5. The van der Waals surface area contributed by atoms with E-state index >= 15 is 0 Å². The summed E-state index contributed by atoms with van der Waals surface area (Å²) in [5.74, 6) is 4.78. The highest BCUT2D eigenvalue weighted by molar-refractivity contribution is 4.95. The molecule has 0 aromatic heterocycles. The fourth-order valence-corrected chi connectivity index (χ4v) is 2.89. The van der Waals surface area contributed by atoms with Crippen LogP contribution in [0.4, 0.5) is 0 Å². The van der Waals surface area contributed by atoms with Gasteiger partial charge in [-0.1, -0.05) is 0 Å². The van der Waals surface area contributed by atoms with Crippen LogP contribution in [0, 0.1) is 23.7 Å². The minimum absolute atomic E-state index is 1.20. The first kappa shape index (κ1) is 5.62. The Morgan fingerprint density at radius 1 is 0.500 bits per heavy atom. The van der Waals surface area contributed by atoms with Crippen molar-refractivity contribution in [1.29, 1.82) is 0 Å². The maximum Gasteiger partial charge on any atom is -0.0383 e. The lowest BCUT2D eigenvalue weighted by atomic mass is 10.0.